The summed E-state index contributed by atoms with van der Waals surface area (Å²) in [4.78, 5) is 58.6. The minimum absolute atomic E-state index is 0.131. The quantitative estimate of drug-likeness (QED) is 0.118. The van der Waals surface area contributed by atoms with Crippen LogP contribution in [-0.2, 0) is 38.4 Å². The van der Waals surface area contributed by atoms with Crippen LogP contribution in [0.3, 0.4) is 0 Å². The van der Waals surface area contributed by atoms with Crippen LogP contribution in [-0.4, -0.2) is 65.2 Å². The molecule has 0 bridgehead atoms. The molecule has 0 fully saturated rings. The molecule has 4 amide bonds. The smallest absolute Gasteiger partial charge is 0.243 e. The van der Waals surface area contributed by atoms with Gasteiger partial charge in [0.25, 0.3) is 0 Å². The molecule has 1 aromatic heterocycles. The summed E-state index contributed by atoms with van der Waals surface area (Å²) in [6, 6.07) is 27.8. The highest BCUT2D eigenvalue weighted by Crippen LogP contribution is 2.21. The predicted molar refractivity (Wildman–Crippen MR) is 188 cm³/mol. The zero-order valence-electron chi connectivity index (χ0n) is 27.0. The summed E-state index contributed by atoms with van der Waals surface area (Å²) in [6.07, 6.45) is 3.02. The van der Waals surface area contributed by atoms with Crippen molar-refractivity contribution in [3.63, 3.8) is 0 Å². The fraction of sp³-hybridized carbons (Fsp3) is 0.263. The van der Waals surface area contributed by atoms with Crippen LogP contribution >= 0.6 is 0 Å². The van der Waals surface area contributed by atoms with E-state index >= 15 is 0 Å². The lowest BCUT2D eigenvalue weighted by Gasteiger charge is -2.30. The Morgan fingerprint density at radius 2 is 1.44 bits per heavy atom. The summed E-state index contributed by atoms with van der Waals surface area (Å²) in [7, 11) is 1.60. The zero-order valence-corrected chi connectivity index (χ0v) is 27.0. The topological polar surface area (TPSA) is 163 Å². The number of para-hydroxylation sites is 1. The van der Waals surface area contributed by atoms with Gasteiger partial charge in [-0.1, -0.05) is 91.0 Å². The highest BCUT2D eigenvalue weighted by atomic mass is 16.2. The van der Waals surface area contributed by atoms with Gasteiger partial charge in [-0.3, -0.25) is 19.2 Å². The van der Waals surface area contributed by atoms with Gasteiger partial charge in [0.2, 0.25) is 23.6 Å². The number of H-pyrrole nitrogens is 1. The fourth-order valence-electron chi connectivity index (χ4n) is 5.94. The normalized spacial score (nSPS) is 13.0. The van der Waals surface area contributed by atoms with Crippen LogP contribution in [0.5, 0.6) is 0 Å². The highest BCUT2D eigenvalue weighted by molar-refractivity contribution is 5.95. The number of carbonyl (C=O) groups is 4. The molecule has 10 nitrogen and oxygen atoms in total. The number of aromatic amines is 1. The van der Waals surface area contributed by atoms with Crippen molar-refractivity contribution >= 4 is 45.3 Å². The SMILES string of the molecule is CN(C(=O)CCCN)[C@H](Cc1ccc2ccccc2c1)C(=O)N[C@H](Cc1c[nH]c2ccccc12)C(=O)N[C@@H](Cc1ccccc1)C(N)=O. The summed E-state index contributed by atoms with van der Waals surface area (Å²) in [5.41, 5.74) is 14.8. The Kier molecular flexibility index (Phi) is 11.2. The average Bonchev–Trinajstić information content (AvgIpc) is 3.51. The molecule has 1 heterocycles. The van der Waals surface area contributed by atoms with Gasteiger partial charge < -0.3 is 32.0 Å². The van der Waals surface area contributed by atoms with E-state index < -0.39 is 35.8 Å². The lowest BCUT2D eigenvalue weighted by atomic mass is 9.98. The lowest BCUT2D eigenvalue weighted by Crippen LogP contribution is -2.58. The Morgan fingerprint density at radius 1 is 0.750 bits per heavy atom. The molecule has 3 atom stereocenters. The molecule has 0 unspecified atom stereocenters. The number of carbonyl (C=O) groups excluding carboxylic acids is 4. The van der Waals surface area contributed by atoms with Crippen LogP contribution in [0.2, 0.25) is 0 Å². The second-order valence-corrected chi connectivity index (χ2v) is 12.1. The van der Waals surface area contributed by atoms with Crippen molar-refractivity contribution in [2.24, 2.45) is 11.5 Å². The molecule has 4 aromatic carbocycles. The molecule has 0 saturated heterocycles. The number of nitrogens with one attached hydrogen (secondary N) is 3. The number of hydrogen-bond donors (Lipinski definition) is 5. The molecule has 10 heteroatoms. The molecule has 0 aliphatic heterocycles. The van der Waals surface area contributed by atoms with E-state index in [1.165, 1.54) is 4.90 Å². The molecule has 0 radical (unpaired) electrons. The summed E-state index contributed by atoms with van der Waals surface area (Å²) in [5.74, 6) is -1.97. The van der Waals surface area contributed by atoms with Crippen LogP contribution in [0, 0.1) is 0 Å². The number of nitrogens with zero attached hydrogens (tertiary/aromatic N) is 1. The average molecular weight is 647 g/mol. The Hall–Kier alpha value is -5.48. The summed E-state index contributed by atoms with van der Waals surface area (Å²) >= 11 is 0. The van der Waals surface area contributed by atoms with Crippen molar-refractivity contribution in [3.05, 3.63) is 120 Å². The van der Waals surface area contributed by atoms with Gasteiger partial charge in [-0.25, -0.2) is 0 Å². The van der Waals surface area contributed by atoms with E-state index in [0.29, 0.717) is 13.0 Å². The summed E-state index contributed by atoms with van der Waals surface area (Å²) in [5, 5.41) is 8.71. The third-order valence-corrected chi connectivity index (χ3v) is 8.68. The first kappa shape index (κ1) is 33.9. The first-order valence-corrected chi connectivity index (χ1v) is 16.2. The maximum atomic E-state index is 14.2. The number of amides is 4. The van der Waals surface area contributed by atoms with Crippen molar-refractivity contribution in [3.8, 4) is 0 Å². The summed E-state index contributed by atoms with van der Waals surface area (Å²) < 4.78 is 0. The van der Waals surface area contributed by atoms with E-state index in [9.17, 15) is 19.2 Å². The van der Waals surface area contributed by atoms with Crippen molar-refractivity contribution in [1.82, 2.24) is 20.5 Å². The van der Waals surface area contributed by atoms with Crippen LogP contribution in [0.25, 0.3) is 21.7 Å². The number of benzene rings is 4. The molecular formula is C38H42N6O4. The minimum atomic E-state index is -1.08. The van der Waals surface area contributed by atoms with E-state index in [-0.39, 0.29) is 31.6 Å². The molecule has 0 aliphatic rings. The number of hydrogen-bond acceptors (Lipinski definition) is 5. The molecule has 0 saturated carbocycles. The third kappa shape index (κ3) is 8.45. The molecule has 0 aliphatic carbocycles. The Morgan fingerprint density at radius 3 is 2.19 bits per heavy atom. The van der Waals surface area contributed by atoms with Crippen molar-refractivity contribution in [2.45, 2.75) is 50.2 Å². The summed E-state index contributed by atoms with van der Waals surface area (Å²) in [6.45, 7) is 0.345. The number of primary amides is 1. The largest absolute Gasteiger partial charge is 0.368 e. The molecule has 5 rings (SSSR count). The second-order valence-electron chi connectivity index (χ2n) is 12.1. The van der Waals surface area contributed by atoms with Gasteiger partial charge in [0, 0.05) is 49.8 Å². The first-order valence-electron chi connectivity index (χ1n) is 16.2. The molecule has 0 spiro atoms. The van der Waals surface area contributed by atoms with Gasteiger partial charge in [-0.05, 0) is 46.5 Å². The zero-order chi connectivity index (χ0) is 34.0. The van der Waals surface area contributed by atoms with Gasteiger partial charge in [-0.2, -0.15) is 0 Å². The van der Waals surface area contributed by atoms with E-state index in [0.717, 1.165) is 38.4 Å². The standard InChI is InChI=1S/C38H42N6O4/c1-44(35(45)16-9-19-39)34(22-26-17-18-27-12-5-6-13-28(27)20-26)38(48)43-33(23-29-24-41-31-15-8-7-14-30(29)31)37(47)42-32(36(40)46)21-25-10-3-2-4-11-25/h2-8,10-15,17-18,20,24,32-34,41H,9,16,19,21-23,39H2,1H3,(H2,40,46)(H,42,47)(H,43,48)/t32-,33+,34+/m0/s1. The van der Waals surface area contributed by atoms with Crippen molar-refractivity contribution in [2.75, 3.05) is 13.6 Å². The van der Waals surface area contributed by atoms with Gasteiger partial charge in [0.15, 0.2) is 0 Å². The van der Waals surface area contributed by atoms with Crippen LogP contribution in [0.1, 0.15) is 29.5 Å². The van der Waals surface area contributed by atoms with Crippen molar-refractivity contribution in [1.29, 1.82) is 0 Å². The van der Waals surface area contributed by atoms with E-state index in [1.807, 2.05) is 103 Å². The fourth-order valence-corrected chi connectivity index (χ4v) is 5.94. The van der Waals surface area contributed by atoms with Gasteiger partial charge in [-0.15, -0.1) is 0 Å². The van der Waals surface area contributed by atoms with Crippen LogP contribution in [0.4, 0.5) is 0 Å². The van der Waals surface area contributed by atoms with Gasteiger partial charge >= 0.3 is 0 Å². The number of rotatable bonds is 15. The Bertz CT molecular complexity index is 1890. The molecular weight excluding hydrogens is 604 g/mol. The third-order valence-electron chi connectivity index (χ3n) is 8.68. The second kappa shape index (κ2) is 15.9. The Balaban J connectivity index is 1.44. The van der Waals surface area contributed by atoms with Gasteiger partial charge in [0.1, 0.15) is 18.1 Å². The van der Waals surface area contributed by atoms with E-state index in [1.54, 1.807) is 7.05 Å². The molecule has 248 valence electrons. The number of aromatic nitrogens is 1. The van der Waals surface area contributed by atoms with E-state index in [2.05, 4.69) is 15.6 Å². The minimum Gasteiger partial charge on any atom is -0.368 e. The van der Waals surface area contributed by atoms with Crippen LogP contribution < -0.4 is 22.1 Å². The van der Waals surface area contributed by atoms with E-state index in [4.69, 9.17) is 11.5 Å². The number of likely N-dealkylation sites (N-methyl/N-ethyl adjacent to an activating group) is 1. The molecule has 48 heavy (non-hydrogen) atoms. The predicted octanol–water partition coefficient (Wildman–Crippen LogP) is 3.37. The number of nitrogens with two attached hydrogens (primary N) is 2. The molecule has 7 N–H and O–H groups in total. The lowest BCUT2D eigenvalue weighted by molar-refractivity contribution is -0.140. The first-order chi connectivity index (χ1) is 23.2. The van der Waals surface area contributed by atoms with Crippen LogP contribution in [0.15, 0.2) is 103 Å². The monoisotopic (exact) mass is 646 g/mol. The highest BCUT2D eigenvalue weighted by Gasteiger charge is 2.32. The maximum absolute atomic E-state index is 14.2. The maximum Gasteiger partial charge on any atom is 0.243 e. The van der Waals surface area contributed by atoms with Gasteiger partial charge in [0.05, 0.1) is 0 Å². The number of fused-ring (bicyclic) bond motifs is 2. The van der Waals surface area contributed by atoms with Crippen molar-refractivity contribution < 1.29 is 19.2 Å². The Labute approximate surface area is 279 Å². The molecule has 5 aromatic rings.